The molecule has 0 heterocycles. The van der Waals surface area contributed by atoms with Crippen LogP contribution < -0.4 is 5.32 Å². The van der Waals surface area contributed by atoms with Gasteiger partial charge in [0, 0.05) is 18.0 Å². The van der Waals surface area contributed by atoms with Crippen LogP contribution in [0.2, 0.25) is 0 Å². The van der Waals surface area contributed by atoms with Crippen LogP contribution in [0.4, 0.5) is 0 Å². The highest BCUT2D eigenvalue weighted by Gasteiger charge is 2.37. The van der Waals surface area contributed by atoms with Crippen LogP contribution in [0, 0.1) is 16.7 Å². The van der Waals surface area contributed by atoms with E-state index >= 15 is 0 Å². The fourth-order valence-electron chi connectivity index (χ4n) is 3.55. The SMILES string of the molecule is COC(=N)C1(C)CC(C)CCC(NCc2ccccc2)C1. The van der Waals surface area contributed by atoms with Crippen LogP contribution in [0.5, 0.6) is 0 Å². The van der Waals surface area contributed by atoms with Gasteiger partial charge in [0.15, 0.2) is 5.90 Å². The van der Waals surface area contributed by atoms with Gasteiger partial charge in [-0.1, -0.05) is 44.2 Å². The molecule has 0 amide bonds. The van der Waals surface area contributed by atoms with E-state index in [0.29, 0.717) is 17.9 Å². The van der Waals surface area contributed by atoms with E-state index in [2.05, 4.69) is 43.4 Å². The number of ether oxygens (including phenoxy) is 1. The van der Waals surface area contributed by atoms with Crippen molar-refractivity contribution < 1.29 is 4.74 Å². The van der Waals surface area contributed by atoms with Crippen molar-refractivity contribution in [1.82, 2.24) is 5.32 Å². The van der Waals surface area contributed by atoms with Gasteiger partial charge < -0.3 is 10.1 Å². The van der Waals surface area contributed by atoms with Crippen molar-refractivity contribution in [3.63, 3.8) is 0 Å². The first-order chi connectivity index (χ1) is 10.0. The van der Waals surface area contributed by atoms with Crippen molar-refractivity contribution in [2.75, 3.05) is 7.11 Å². The Morgan fingerprint density at radius 3 is 2.67 bits per heavy atom. The van der Waals surface area contributed by atoms with E-state index in [0.717, 1.165) is 19.4 Å². The molecule has 0 saturated heterocycles. The Morgan fingerprint density at radius 2 is 2.00 bits per heavy atom. The number of methoxy groups -OCH3 is 1. The molecule has 3 heteroatoms. The summed E-state index contributed by atoms with van der Waals surface area (Å²) in [6.45, 7) is 5.37. The maximum atomic E-state index is 8.15. The topological polar surface area (TPSA) is 45.1 Å². The van der Waals surface area contributed by atoms with Gasteiger partial charge in [0.05, 0.1) is 7.11 Å². The quantitative estimate of drug-likeness (QED) is 0.500. The molecule has 3 unspecified atom stereocenters. The molecule has 116 valence electrons. The van der Waals surface area contributed by atoms with Gasteiger partial charge >= 0.3 is 0 Å². The highest BCUT2D eigenvalue weighted by atomic mass is 16.5. The van der Waals surface area contributed by atoms with Crippen LogP contribution in [-0.2, 0) is 11.3 Å². The maximum Gasteiger partial charge on any atom is 0.186 e. The van der Waals surface area contributed by atoms with Crippen LogP contribution in [-0.4, -0.2) is 19.0 Å². The lowest BCUT2D eigenvalue weighted by Crippen LogP contribution is -2.37. The Hall–Kier alpha value is -1.35. The summed E-state index contributed by atoms with van der Waals surface area (Å²) < 4.78 is 5.26. The molecule has 0 spiro atoms. The van der Waals surface area contributed by atoms with E-state index in [4.69, 9.17) is 10.1 Å². The van der Waals surface area contributed by atoms with Crippen LogP contribution in [0.25, 0.3) is 0 Å². The first kappa shape index (κ1) is 16.0. The zero-order valence-electron chi connectivity index (χ0n) is 13.5. The molecule has 3 nitrogen and oxygen atoms in total. The monoisotopic (exact) mass is 288 g/mol. The van der Waals surface area contributed by atoms with E-state index in [-0.39, 0.29) is 5.41 Å². The van der Waals surface area contributed by atoms with Crippen molar-refractivity contribution in [1.29, 1.82) is 5.41 Å². The fraction of sp³-hybridized carbons (Fsp3) is 0.611. The Labute approximate surface area is 128 Å². The average Bonchev–Trinajstić information content (AvgIpc) is 2.64. The molecule has 1 saturated carbocycles. The minimum Gasteiger partial charge on any atom is -0.484 e. The maximum absolute atomic E-state index is 8.15. The van der Waals surface area contributed by atoms with Crippen molar-refractivity contribution in [3.8, 4) is 0 Å². The smallest absolute Gasteiger partial charge is 0.186 e. The molecular formula is C18H28N2O. The molecule has 1 aromatic carbocycles. The first-order valence-electron chi connectivity index (χ1n) is 7.94. The Bertz CT molecular complexity index is 460. The van der Waals surface area contributed by atoms with Gasteiger partial charge in [-0.2, -0.15) is 0 Å². The highest BCUT2D eigenvalue weighted by Crippen LogP contribution is 2.38. The normalized spacial score (nSPS) is 29.7. The molecule has 0 bridgehead atoms. The second kappa shape index (κ2) is 7.08. The van der Waals surface area contributed by atoms with Crippen molar-refractivity contribution in [2.45, 2.75) is 52.1 Å². The van der Waals surface area contributed by atoms with Gasteiger partial charge in [0.25, 0.3) is 0 Å². The fourth-order valence-corrected chi connectivity index (χ4v) is 3.55. The lowest BCUT2D eigenvalue weighted by molar-refractivity contribution is 0.248. The third-order valence-electron chi connectivity index (χ3n) is 4.69. The first-order valence-corrected chi connectivity index (χ1v) is 7.94. The van der Waals surface area contributed by atoms with Gasteiger partial charge in [-0.3, -0.25) is 5.41 Å². The largest absolute Gasteiger partial charge is 0.484 e. The summed E-state index contributed by atoms with van der Waals surface area (Å²) in [6.07, 6.45) is 4.43. The average molecular weight is 288 g/mol. The van der Waals surface area contributed by atoms with Crippen LogP contribution in [0.15, 0.2) is 30.3 Å². The molecule has 0 aromatic heterocycles. The third kappa shape index (κ3) is 4.31. The molecule has 0 radical (unpaired) electrons. The predicted molar refractivity (Wildman–Crippen MR) is 87.5 cm³/mol. The van der Waals surface area contributed by atoms with Gasteiger partial charge in [-0.15, -0.1) is 0 Å². The standard InChI is InChI=1S/C18H28N2O/c1-14-9-10-16(12-18(2,11-14)17(19)21-3)20-13-15-7-5-4-6-8-15/h4-8,14,16,19-20H,9-13H2,1-3H3. The summed E-state index contributed by atoms with van der Waals surface area (Å²) in [5.74, 6) is 1.08. The van der Waals surface area contributed by atoms with Crippen LogP contribution >= 0.6 is 0 Å². The van der Waals surface area contributed by atoms with E-state index in [9.17, 15) is 0 Å². The molecule has 0 aliphatic heterocycles. The summed E-state index contributed by atoms with van der Waals surface area (Å²) >= 11 is 0. The van der Waals surface area contributed by atoms with Crippen LogP contribution in [0.1, 0.15) is 45.1 Å². The van der Waals surface area contributed by atoms with Gasteiger partial charge in [-0.05, 0) is 37.2 Å². The molecular weight excluding hydrogens is 260 g/mol. The predicted octanol–water partition coefficient (Wildman–Crippen LogP) is 3.98. The number of hydrogen-bond acceptors (Lipinski definition) is 3. The summed E-state index contributed by atoms with van der Waals surface area (Å²) in [6, 6.07) is 11.0. The molecule has 21 heavy (non-hydrogen) atoms. The lowest BCUT2D eigenvalue weighted by Gasteiger charge is -2.31. The van der Waals surface area contributed by atoms with Gasteiger partial charge in [0.1, 0.15) is 0 Å². The zero-order valence-corrected chi connectivity index (χ0v) is 13.5. The lowest BCUT2D eigenvalue weighted by atomic mass is 9.78. The van der Waals surface area contributed by atoms with Crippen molar-refractivity contribution in [2.24, 2.45) is 11.3 Å². The molecule has 3 atom stereocenters. The minimum atomic E-state index is -0.140. The van der Waals surface area contributed by atoms with Gasteiger partial charge in [0.2, 0.25) is 0 Å². The van der Waals surface area contributed by atoms with E-state index in [1.807, 2.05) is 6.07 Å². The summed E-state index contributed by atoms with van der Waals surface area (Å²) in [5.41, 5.74) is 1.18. The molecule has 1 aliphatic rings. The molecule has 2 N–H and O–H groups in total. The Balaban J connectivity index is 2.00. The Kier molecular flexibility index (Phi) is 5.40. The highest BCUT2D eigenvalue weighted by molar-refractivity contribution is 5.79. The number of rotatable bonds is 4. The minimum absolute atomic E-state index is 0.140. The van der Waals surface area contributed by atoms with Crippen LogP contribution in [0.3, 0.4) is 0 Å². The summed E-state index contributed by atoms with van der Waals surface area (Å²) in [4.78, 5) is 0. The summed E-state index contributed by atoms with van der Waals surface area (Å²) in [7, 11) is 1.62. The number of nitrogens with one attached hydrogen (secondary N) is 2. The number of benzene rings is 1. The van der Waals surface area contributed by atoms with E-state index in [1.54, 1.807) is 7.11 Å². The Morgan fingerprint density at radius 1 is 1.29 bits per heavy atom. The summed E-state index contributed by atoms with van der Waals surface area (Å²) in [5, 5.41) is 11.8. The van der Waals surface area contributed by atoms with Crippen molar-refractivity contribution >= 4 is 5.90 Å². The van der Waals surface area contributed by atoms with Gasteiger partial charge in [-0.25, -0.2) is 0 Å². The molecule has 1 aromatic rings. The third-order valence-corrected chi connectivity index (χ3v) is 4.69. The molecule has 2 rings (SSSR count). The van der Waals surface area contributed by atoms with Crippen molar-refractivity contribution in [3.05, 3.63) is 35.9 Å². The van der Waals surface area contributed by atoms with E-state index in [1.165, 1.54) is 18.4 Å². The molecule has 1 fully saturated rings. The zero-order chi connectivity index (χ0) is 15.3. The molecule has 1 aliphatic carbocycles. The number of hydrogen-bond donors (Lipinski definition) is 2. The second-order valence-corrected chi connectivity index (χ2v) is 6.75. The van der Waals surface area contributed by atoms with E-state index < -0.39 is 0 Å². The second-order valence-electron chi connectivity index (χ2n) is 6.75.